The maximum Gasteiger partial charge on any atom is 0.336 e. The van der Waals surface area contributed by atoms with Gasteiger partial charge in [-0.1, -0.05) is 12.1 Å². The maximum atomic E-state index is 11.4. The second-order valence-electron chi connectivity index (χ2n) is 6.16. The fraction of sp³-hybridized carbons (Fsp3) is 0.412. The van der Waals surface area contributed by atoms with Gasteiger partial charge in [0.1, 0.15) is 0 Å². The average Bonchev–Trinajstić information content (AvgIpc) is 3.07. The van der Waals surface area contributed by atoms with E-state index < -0.39 is 5.97 Å². The molecule has 0 saturated carbocycles. The number of fused-ring (bicyclic) bond motifs is 2. The van der Waals surface area contributed by atoms with E-state index in [4.69, 9.17) is 0 Å². The largest absolute Gasteiger partial charge is 0.478 e. The highest BCUT2D eigenvalue weighted by atomic mass is 16.4. The lowest BCUT2D eigenvalue weighted by Crippen LogP contribution is -2.31. The number of hydrogen-bond acceptors (Lipinski definition) is 3. The van der Waals surface area contributed by atoms with Crippen LogP contribution in [0, 0.1) is 0 Å². The van der Waals surface area contributed by atoms with E-state index in [9.17, 15) is 9.90 Å². The average molecular weight is 297 g/mol. The molecule has 4 rings (SSSR count). The van der Waals surface area contributed by atoms with Gasteiger partial charge in [0.25, 0.3) is 0 Å². The first-order valence-electron chi connectivity index (χ1n) is 7.83. The molecule has 114 valence electrons. The van der Waals surface area contributed by atoms with E-state index in [1.807, 2.05) is 12.1 Å². The van der Waals surface area contributed by atoms with Crippen LogP contribution in [0.2, 0.25) is 0 Å². The second kappa shape index (κ2) is 5.25. The Morgan fingerprint density at radius 2 is 2.18 bits per heavy atom. The fourth-order valence-corrected chi connectivity index (χ4v) is 3.60. The Morgan fingerprint density at radius 3 is 3.00 bits per heavy atom. The van der Waals surface area contributed by atoms with Gasteiger partial charge < -0.3 is 5.11 Å². The van der Waals surface area contributed by atoms with E-state index in [1.165, 1.54) is 17.7 Å². The Balaban J connectivity index is 1.55. The van der Waals surface area contributed by atoms with Crippen molar-refractivity contribution in [2.45, 2.75) is 38.9 Å². The molecular weight excluding hydrogens is 278 g/mol. The van der Waals surface area contributed by atoms with Gasteiger partial charge in [0.05, 0.1) is 11.3 Å². The van der Waals surface area contributed by atoms with Crippen molar-refractivity contribution in [1.29, 1.82) is 0 Å². The number of aryl methyl sites for hydroxylation is 2. The van der Waals surface area contributed by atoms with E-state index in [1.54, 1.807) is 6.07 Å². The molecule has 5 heteroatoms. The van der Waals surface area contributed by atoms with E-state index in [2.05, 4.69) is 20.7 Å². The van der Waals surface area contributed by atoms with Gasteiger partial charge in [0, 0.05) is 31.9 Å². The summed E-state index contributed by atoms with van der Waals surface area (Å²) in [6.45, 7) is 3.48. The van der Waals surface area contributed by atoms with Gasteiger partial charge in [-0.05, 0) is 42.5 Å². The van der Waals surface area contributed by atoms with Crippen LogP contribution >= 0.6 is 0 Å². The molecule has 1 aromatic carbocycles. The van der Waals surface area contributed by atoms with Gasteiger partial charge in [-0.2, -0.15) is 5.10 Å². The number of carboxylic acids is 1. The molecule has 2 aliphatic rings. The number of carboxylic acid groups (broad SMARTS) is 1. The van der Waals surface area contributed by atoms with Crippen LogP contribution in [0.25, 0.3) is 0 Å². The van der Waals surface area contributed by atoms with Crippen molar-refractivity contribution in [3.63, 3.8) is 0 Å². The molecule has 1 aromatic heterocycles. The first-order valence-corrected chi connectivity index (χ1v) is 7.83. The Hall–Kier alpha value is -2.14. The Morgan fingerprint density at radius 1 is 1.27 bits per heavy atom. The second-order valence-corrected chi connectivity index (χ2v) is 6.16. The lowest BCUT2D eigenvalue weighted by atomic mass is 9.95. The zero-order chi connectivity index (χ0) is 15.1. The monoisotopic (exact) mass is 297 g/mol. The Labute approximate surface area is 129 Å². The summed E-state index contributed by atoms with van der Waals surface area (Å²) in [5.74, 6) is -0.834. The molecule has 0 aliphatic carbocycles. The first kappa shape index (κ1) is 13.5. The van der Waals surface area contributed by atoms with E-state index in [-0.39, 0.29) is 0 Å². The highest BCUT2D eigenvalue weighted by Gasteiger charge is 2.23. The van der Waals surface area contributed by atoms with Crippen molar-refractivity contribution >= 4 is 5.97 Å². The lowest BCUT2D eigenvalue weighted by Gasteiger charge is -2.29. The van der Waals surface area contributed by atoms with Crippen LogP contribution in [-0.4, -0.2) is 32.3 Å². The Kier molecular flexibility index (Phi) is 3.22. The molecule has 0 radical (unpaired) electrons. The van der Waals surface area contributed by atoms with E-state index in [0.717, 1.165) is 43.7 Å². The van der Waals surface area contributed by atoms with Gasteiger partial charge in [-0.15, -0.1) is 0 Å². The van der Waals surface area contributed by atoms with Crippen LogP contribution in [0.1, 0.15) is 39.3 Å². The third-order valence-corrected chi connectivity index (χ3v) is 4.68. The molecule has 22 heavy (non-hydrogen) atoms. The minimum Gasteiger partial charge on any atom is -0.478 e. The first-order chi connectivity index (χ1) is 10.7. The SMILES string of the molecule is O=C(O)c1cccc2c1CN(Cc1cc3n(n1)CCC3)CC2. The van der Waals surface area contributed by atoms with Crippen molar-refractivity contribution in [1.82, 2.24) is 14.7 Å². The number of nitrogens with zero attached hydrogens (tertiary/aromatic N) is 3. The van der Waals surface area contributed by atoms with Crippen LogP contribution in [-0.2, 0) is 32.5 Å². The van der Waals surface area contributed by atoms with Gasteiger partial charge in [0.15, 0.2) is 0 Å². The molecular formula is C17H19N3O2. The van der Waals surface area contributed by atoms with Gasteiger partial charge in [0.2, 0.25) is 0 Å². The number of rotatable bonds is 3. The molecule has 0 bridgehead atoms. The molecule has 0 spiro atoms. The zero-order valence-corrected chi connectivity index (χ0v) is 12.5. The van der Waals surface area contributed by atoms with E-state index >= 15 is 0 Å². The molecule has 0 unspecified atom stereocenters. The third kappa shape index (κ3) is 2.31. The summed E-state index contributed by atoms with van der Waals surface area (Å²) in [5, 5.41) is 14.0. The van der Waals surface area contributed by atoms with Crippen LogP contribution in [0.5, 0.6) is 0 Å². The van der Waals surface area contributed by atoms with Gasteiger partial charge in [-0.25, -0.2) is 4.79 Å². The van der Waals surface area contributed by atoms with Gasteiger partial charge >= 0.3 is 5.97 Å². The summed E-state index contributed by atoms with van der Waals surface area (Å²) < 4.78 is 2.11. The third-order valence-electron chi connectivity index (χ3n) is 4.68. The van der Waals surface area contributed by atoms with Crippen molar-refractivity contribution < 1.29 is 9.90 Å². The summed E-state index contributed by atoms with van der Waals surface area (Å²) in [7, 11) is 0. The maximum absolute atomic E-state index is 11.4. The molecule has 0 fully saturated rings. The van der Waals surface area contributed by atoms with E-state index in [0.29, 0.717) is 12.1 Å². The quantitative estimate of drug-likeness (QED) is 0.942. The lowest BCUT2D eigenvalue weighted by molar-refractivity contribution is 0.0693. The van der Waals surface area contributed by atoms with Crippen LogP contribution in [0.4, 0.5) is 0 Å². The van der Waals surface area contributed by atoms with Gasteiger partial charge in [-0.3, -0.25) is 9.58 Å². The molecule has 2 aromatic rings. The van der Waals surface area contributed by atoms with Crippen LogP contribution in [0.3, 0.4) is 0 Å². The number of aromatic carboxylic acids is 1. The summed E-state index contributed by atoms with van der Waals surface area (Å²) in [6.07, 6.45) is 3.23. The zero-order valence-electron chi connectivity index (χ0n) is 12.5. The summed E-state index contributed by atoms with van der Waals surface area (Å²) >= 11 is 0. The van der Waals surface area contributed by atoms with Crippen molar-refractivity contribution in [2.75, 3.05) is 6.54 Å². The summed E-state index contributed by atoms with van der Waals surface area (Å²) in [5.41, 5.74) is 5.01. The summed E-state index contributed by atoms with van der Waals surface area (Å²) in [4.78, 5) is 13.7. The molecule has 2 aliphatic heterocycles. The van der Waals surface area contributed by atoms with Crippen LogP contribution < -0.4 is 0 Å². The van der Waals surface area contributed by atoms with Crippen molar-refractivity contribution in [3.05, 3.63) is 52.3 Å². The molecule has 1 N–H and O–H groups in total. The number of benzene rings is 1. The minimum absolute atomic E-state index is 0.439. The smallest absolute Gasteiger partial charge is 0.336 e. The molecule has 3 heterocycles. The topological polar surface area (TPSA) is 58.4 Å². The molecule has 0 amide bonds. The summed E-state index contributed by atoms with van der Waals surface area (Å²) in [6, 6.07) is 7.80. The van der Waals surface area contributed by atoms with Crippen molar-refractivity contribution in [2.24, 2.45) is 0 Å². The predicted octanol–water partition coefficient (Wildman–Crippen LogP) is 2.09. The number of hydrogen-bond donors (Lipinski definition) is 1. The normalized spacial score (nSPS) is 17.3. The van der Waals surface area contributed by atoms with Crippen molar-refractivity contribution in [3.8, 4) is 0 Å². The molecule has 0 atom stereocenters. The fourth-order valence-electron chi connectivity index (χ4n) is 3.60. The highest BCUT2D eigenvalue weighted by Crippen LogP contribution is 2.24. The highest BCUT2D eigenvalue weighted by molar-refractivity contribution is 5.89. The van der Waals surface area contributed by atoms with Crippen LogP contribution in [0.15, 0.2) is 24.3 Å². The number of carbonyl (C=O) groups is 1. The predicted molar refractivity (Wildman–Crippen MR) is 81.8 cm³/mol. The molecule has 0 saturated heterocycles. The minimum atomic E-state index is -0.834. The Bertz CT molecular complexity index is 714. The molecule has 5 nitrogen and oxygen atoms in total. The number of aromatic nitrogens is 2. The standard InChI is InChI=1S/C17H19N3O2/c21-17(22)15-5-1-3-12-6-8-19(11-16(12)15)10-13-9-14-4-2-7-20(14)18-13/h1,3,5,9H,2,4,6-8,10-11H2,(H,21,22).